The molecule has 2 aromatic carbocycles. The van der Waals surface area contributed by atoms with Gasteiger partial charge in [0, 0.05) is 0 Å². The third-order valence-electron chi connectivity index (χ3n) is 3.64. The van der Waals surface area contributed by atoms with E-state index in [-0.39, 0.29) is 5.97 Å². The van der Waals surface area contributed by atoms with Gasteiger partial charge in [-0.05, 0) is 47.4 Å². The lowest BCUT2D eigenvalue weighted by Gasteiger charge is -2.10. The number of carbonyl (C=O) groups is 1. The molecule has 3 nitrogen and oxygen atoms in total. The van der Waals surface area contributed by atoms with Crippen molar-refractivity contribution in [1.29, 1.82) is 0 Å². The van der Waals surface area contributed by atoms with Crippen LogP contribution in [0.1, 0.15) is 35.7 Å². The van der Waals surface area contributed by atoms with Crippen molar-refractivity contribution in [3.05, 3.63) is 60.2 Å². The summed E-state index contributed by atoms with van der Waals surface area (Å²) in [5.41, 5.74) is 3.52. The van der Waals surface area contributed by atoms with Gasteiger partial charge in [-0.15, -0.1) is 0 Å². The number of hydrogen-bond donors (Lipinski definition) is 0. The lowest BCUT2D eigenvalue weighted by atomic mass is 9.97. The summed E-state index contributed by atoms with van der Waals surface area (Å²) in [5.74, 6) is 0.521. The number of carbonyl (C=O) groups excluding carboxylic acids is 1. The lowest BCUT2D eigenvalue weighted by Crippen LogP contribution is -2.06. The molecule has 23 heavy (non-hydrogen) atoms. The van der Waals surface area contributed by atoms with Crippen molar-refractivity contribution < 1.29 is 14.3 Å². The van der Waals surface area contributed by atoms with E-state index in [1.807, 2.05) is 36.4 Å². The second-order valence-electron chi connectivity index (χ2n) is 5.22. The van der Waals surface area contributed by atoms with E-state index in [0.717, 1.165) is 35.3 Å². The maximum atomic E-state index is 12.0. The zero-order chi connectivity index (χ0) is 16.7. The number of esters is 1. The van der Waals surface area contributed by atoms with E-state index >= 15 is 0 Å². The normalized spacial score (nSPS) is 10.2. The molecule has 0 spiro atoms. The van der Waals surface area contributed by atoms with Crippen LogP contribution in [0.25, 0.3) is 17.2 Å². The largest absolute Gasteiger partial charge is 0.497 e. The third kappa shape index (κ3) is 4.22. The molecular weight excluding hydrogens is 288 g/mol. The van der Waals surface area contributed by atoms with E-state index in [1.54, 1.807) is 19.3 Å². The second-order valence-corrected chi connectivity index (χ2v) is 5.22. The van der Waals surface area contributed by atoms with Crippen LogP contribution < -0.4 is 4.74 Å². The first-order valence-electron chi connectivity index (χ1n) is 7.77. The monoisotopic (exact) mass is 310 g/mol. The maximum Gasteiger partial charge on any atom is 0.338 e. The molecule has 0 bridgehead atoms. The van der Waals surface area contributed by atoms with Gasteiger partial charge in [0.2, 0.25) is 0 Å². The fraction of sp³-hybridized carbons (Fsp3) is 0.250. The van der Waals surface area contributed by atoms with Crippen molar-refractivity contribution in [3.63, 3.8) is 0 Å². The van der Waals surface area contributed by atoms with Crippen LogP contribution in [0, 0.1) is 0 Å². The van der Waals surface area contributed by atoms with Gasteiger partial charge in [0.1, 0.15) is 5.75 Å². The van der Waals surface area contributed by atoms with E-state index in [4.69, 9.17) is 9.47 Å². The van der Waals surface area contributed by atoms with Gasteiger partial charge in [-0.2, -0.15) is 0 Å². The van der Waals surface area contributed by atoms with Crippen molar-refractivity contribution in [3.8, 4) is 16.9 Å². The highest BCUT2D eigenvalue weighted by Gasteiger charge is 2.10. The molecule has 2 aromatic rings. The minimum absolute atomic E-state index is 0.289. The molecule has 0 radical (unpaired) electrons. The quantitative estimate of drug-likeness (QED) is 0.535. The highest BCUT2D eigenvalue weighted by atomic mass is 16.5. The first-order valence-corrected chi connectivity index (χ1v) is 7.77. The predicted octanol–water partition coefficient (Wildman–Crippen LogP) is 4.96. The second kappa shape index (κ2) is 8.18. The summed E-state index contributed by atoms with van der Waals surface area (Å²) in [7, 11) is 1.64. The number of benzene rings is 2. The van der Waals surface area contributed by atoms with Crippen LogP contribution in [-0.2, 0) is 4.74 Å². The summed E-state index contributed by atoms with van der Waals surface area (Å²) in [4.78, 5) is 12.0. The smallest absolute Gasteiger partial charge is 0.338 e. The average Bonchev–Trinajstić information content (AvgIpc) is 2.61. The number of ether oxygens (including phenoxy) is 2. The molecule has 0 unspecified atom stereocenters. The van der Waals surface area contributed by atoms with E-state index in [1.165, 1.54) is 0 Å². The molecule has 0 fully saturated rings. The minimum atomic E-state index is -0.289. The Hall–Kier alpha value is -2.55. The molecule has 0 heterocycles. The Morgan fingerprint density at radius 2 is 1.91 bits per heavy atom. The molecule has 0 aliphatic heterocycles. The highest BCUT2D eigenvalue weighted by Crippen LogP contribution is 2.27. The summed E-state index contributed by atoms with van der Waals surface area (Å²) in [6, 6.07) is 13.3. The van der Waals surface area contributed by atoms with E-state index in [2.05, 4.69) is 13.5 Å². The van der Waals surface area contributed by atoms with Gasteiger partial charge < -0.3 is 9.47 Å². The highest BCUT2D eigenvalue weighted by molar-refractivity contribution is 5.92. The zero-order valence-corrected chi connectivity index (χ0v) is 13.7. The maximum absolute atomic E-state index is 12.0. The average molecular weight is 310 g/mol. The first-order chi connectivity index (χ1) is 11.2. The third-order valence-corrected chi connectivity index (χ3v) is 3.64. The summed E-state index contributed by atoms with van der Waals surface area (Å²) in [5, 5.41) is 0. The van der Waals surface area contributed by atoms with Crippen molar-refractivity contribution in [2.75, 3.05) is 13.7 Å². The lowest BCUT2D eigenvalue weighted by molar-refractivity contribution is 0.0499. The number of rotatable bonds is 7. The zero-order valence-electron chi connectivity index (χ0n) is 13.7. The van der Waals surface area contributed by atoms with E-state index in [9.17, 15) is 4.79 Å². The number of methoxy groups -OCH3 is 1. The Balaban J connectivity index is 2.25. The van der Waals surface area contributed by atoms with Crippen LogP contribution in [0.2, 0.25) is 0 Å². The Morgan fingerprint density at radius 3 is 2.52 bits per heavy atom. The summed E-state index contributed by atoms with van der Waals surface area (Å²) < 4.78 is 10.4. The number of hydrogen-bond acceptors (Lipinski definition) is 3. The van der Waals surface area contributed by atoms with Gasteiger partial charge in [-0.25, -0.2) is 4.79 Å². The van der Waals surface area contributed by atoms with E-state index in [0.29, 0.717) is 12.2 Å². The van der Waals surface area contributed by atoms with Crippen LogP contribution in [0.5, 0.6) is 5.75 Å². The minimum Gasteiger partial charge on any atom is -0.497 e. The van der Waals surface area contributed by atoms with Gasteiger partial charge in [0.25, 0.3) is 0 Å². The van der Waals surface area contributed by atoms with Gasteiger partial charge in [-0.1, -0.05) is 44.2 Å². The fourth-order valence-electron chi connectivity index (χ4n) is 2.28. The standard InChI is InChI=1S/C20H22O3/c1-4-6-13-23-20(21)17-9-12-19(15(5-2)14-17)16-7-10-18(22-3)11-8-16/h5,7-12,14H,2,4,6,13H2,1,3H3. The Kier molecular flexibility index (Phi) is 5.98. The van der Waals surface area contributed by atoms with Crippen LogP contribution in [-0.4, -0.2) is 19.7 Å². The molecule has 0 aromatic heterocycles. The molecule has 0 saturated carbocycles. The molecule has 0 aliphatic rings. The SMILES string of the molecule is C=Cc1cc(C(=O)OCCCC)ccc1-c1ccc(OC)cc1. The summed E-state index contributed by atoms with van der Waals surface area (Å²) in [6.45, 7) is 6.37. The summed E-state index contributed by atoms with van der Waals surface area (Å²) in [6.07, 6.45) is 3.63. The van der Waals surface area contributed by atoms with Gasteiger partial charge >= 0.3 is 5.97 Å². The molecule has 0 amide bonds. The molecule has 3 heteroatoms. The molecular formula is C20H22O3. The molecule has 2 rings (SSSR count). The molecule has 120 valence electrons. The predicted molar refractivity (Wildman–Crippen MR) is 93.7 cm³/mol. The Bertz CT molecular complexity index is 672. The van der Waals surface area contributed by atoms with Crippen LogP contribution in [0.15, 0.2) is 49.0 Å². The number of unbranched alkanes of at least 4 members (excludes halogenated alkanes) is 1. The topological polar surface area (TPSA) is 35.5 Å². The molecule has 0 aliphatic carbocycles. The van der Waals surface area contributed by atoms with E-state index < -0.39 is 0 Å². The molecule has 0 N–H and O–H groups in total. The van der Waals surface area contributed by atoms with Gasteiger partial charge in [-0.3, -0.25) is 0 Å². The van der Waals surface area contributed by atoms with Crippen LogP contribution in [0.4, 0.5) is 0 Å². The first kappa shape index (κ1) is 16.8. The van der Waals surface area contributed by atoms with Crippen molar-refractivity contribution >= 4 is 12.0 Å². The van der Waals surface area contributed by atoms with Crippen molar-refractivity contribution in [1.82, 2.24) is 0 Å². The summed E-state index contributed by atoms with van der Waals surface area (Å²) >= 11 is 0. The molecule has 0 atom stereocenters. The van der Waals surface area contributed by atoms with Crippen LogP contribution in [0.3, 0.4) is 0 Å². The fourth-order valence-corrected chi connectivity index (χ4v) is 2.28. The Labute approximate surface area is 137 Å². The van der Waals surface area contributed by atoms with Crippen molar-refractivity contribution in [2.45, 2.75) is 19.8 Å². The van der Waals surface area contributed by atoms with Gasteiger partial charge in [0.05, 0.1) is 19.3 Å². The van der Waals surface area contributed by atoms with Crippen molar-refractivity contribution in [2.24, 2.45) is 0 Å². The van der Waals surface area contributed by atoms with Gasteiger partial charge in [0.15, 0.2) is 0 Å². The molecule has 0 saturated heterocycles. The van der Waals surface area contributed by atoms with Crippen LogP contribution >= 0.6 is 0 Å². The Morgan fingerprint density at radius 1 is 1.17 bits per heavy atom.